The van der Waals surface area contributed by atoms with Crippen molar-refractivity contribution in [2.24, 2.45) is 5.73 Å². The number of unbranched alkanes of at least 4 members (excludes halogenated alkanes) is 1. The lowest BCUT2D eigenvalue weighted by Crippen LogP contribution is -2.12. The lowest BCUT2D eigenvalue weighted by molar-refractivity contribution is 0.100. The number of ether oxygens (including phenoxy) is 1. The number of carbonyl (C=O) groups excluding carboxylic acids is 1. The molecule has 1 rings (SSSR count). The van der Waals surface area contributed by atoms with E-state index in [0.29, 0.717) is 5.56 Å². The van der Waals surface area contributed by atoms with Gasteiger partial charge in [0, 0.05) is 12.1 Å². The number of primary amides is 1. The van der Waals surface area contributed by atoms with E-state index in [1.165, 1.54) is 0 Å². The van der Waals surface area contributed by atoms with Crippen LogP contribution in [0.3, 0.4) is 0 Å². The number of benzene rings is 1. The summed E-state index contributed by atoms with van der Waals surface area (Å²) in [4.78, 5) is 11.0. The van der Waals surface area contributed by atoms with Gasteiger partial charge in [-0.05, 0) is 24.6 Å². The second-order valence-electron chi connectivity index (χ2n) is 3.56. The summed E-state index contributed by atoms with van der Waals surface area (Å²) in [7, 11) is 1.60. The van der Waals surface area contributed by atoms with Gasteiger partial charge in [0.05, 0.1) is 12.8 Å². The lowest BCUT2D eigenvalue weighted by atomic mass is 10.1. The Kier molecular flexibility index (Phi) is 4.64. The number of methoxy groups -OCH3 is 1. The van der Waals surface area contributed by atoms with Gasteiger partial charge in [-0.3, -0.25) is 4.79 Å². The normalized spacial score (nSPS) is 9.88. The first-order valence-electron chi connectivity index (χ1n) is 5.40. The summed E-state index contributed by atoms with van der Waals surface area (Å²) in [6.07, 6.45) is 2.19. The fraction of sp³-hybridized carbons (Fsp3) is 0.417. The Morgan fingerprint density at radius 3 is 2.81 bits per heavy atom. The monoisotopic (exact) mass is 222 g/mol. The van der Waals surface area contributed by atoms with Gasteiger partial charge in [-0.2, -0.15) is 0 Å². The van der Waals surface area contributed by atoms with Crippen molar-refractivity contribution in [3.05, 3.63) is 23.8 Å². The van der Waals surface area contributed by atoms with E-state index in [-0.39, 0.29) is 0 Å². The van der Waals surface area contributed by atoms with Crippen LogP contribution in [0, 0.1) is 0 Å². The lowest BCUT2D eigenvalue weighted by Gasteiger charge is -2.11. The molecule has 1 amide bonds. The van der Waals surface area contributed by atoms with E-state index >= 15 is 0 Å². The standard InChI is InChI=1S/C12H18N2O2/c1-3-4-7-14-10-8-9(12(13)15)5-6-11(10)16-2/h5-6,8,14H,3-4,7H2,1-2H3,(H2,13,15). The second-order valence-corrected chi connectivity index (χ2v) is 3.56. The minimum absolute atomic E-state index is 0.429. The smallest absolute Gasteiger partial charge is 0.248 e. The minimum atomic E-state index is -0.429. The molecule has 0 saturated carbocycles. The van der Waals surface area contributed by atoms with E-state index in [1.54, 1.807) is 25.3 Å². The second kappa shape index (κ2) is 6.00. The van der Waals surface area contributed by atoms with Gasteiger partial charge in [0.1, 0.15) is 5.75 Å². The Hall–Kier alpha value is -1.71. The van der Waals surface area contributed by atoms with Crippen molar-refractivity contribution in [3.63, 3.8) is 0 Å². The molecule has 0 aliphatic carbocycles. The molecule has 3 N–H and O–H groups in total. The van der Waals surface area contributed by atoms with Gasteiger partial charge in [0.15, 0.2) is 0 Å². The van der Waals surface area contributed by atoms with Crippen LogP contribution in [-0.4, -0.2) is 19.6 Å². The Bertz CT molecular complexity index is 364. The molecule has 4 heteroatoms. The highest BCUT2D eigenvalue weighted by atomic mass is 16.5. The number of hydrogen-bond acceptors (Lipinski definition) is 3. The summed E-state index contributed by atoms with van der Waals surface area (Å²) in [6.45, 7) is 2.98. The Balaban J connectivity index is 2.84. The van der Waals surface area contributed by atoms with Crippen LogP contribution in [0.2, 0.25) is 0 Å². The molecule has 1 aromatic rings. The van der Waals surface area contributed by atoms with Gasteiger partial charge in [-0.15, -0.1) is 0 Å². The average molecular weight is 222 g/mol. The quantitative estimate of drug-likeness (QED) is 0.724. The van der Waals surface area contributed by atoms with Crippen molar-refractivity contribution in [2.45, 2.75) is 19.8 Å². The van der Waals surface area contributed by atoms with Crippen LogP contribution in [0.4, 0.5) is 5.69 Å². The zero-order valence-electron chi connectivity index (χ0n) is 9.75. The predicted molar refractivity (Wildman–Crippen MR) is 64.9 cm³/mol. The molecule has 0 fully saturated rings. The van der Waals surface area contributed by atoms with Crippen molar-refractivity contribution >= 4 is 11.6 Å². The first-order chi connectivity index (χ1) is 7.69. The molecule has 0 radical (unpaired) electrons. The van der Waals surface area contributed by atoms with Gasteiger partial charge < -0.3 is 15.8 Å². The van der Waals surface area contributed by atoms with Crippen molar-refractivity contribution in [2.75, 3.05) is 19.0 Å². The molecule has 0 atom stereocenters. The third-order valence-electron chi connectivity index (χ3n) is 2.33. The maximum atomic E-state index is 11.0. The Morgan fingerprint density at radius 2 is 2.25 bits per heavy atom. The van der Waals surface area contributed by atoms with Crippen LogP contribution in [0.25, 0.3) is 0 Å². The fourth-order valence-electron chi connectivity index (χ4n) is 1.40. The van der Waals surface area contributed by atoms with E-state index in [0.717, 1.165) is 30.8 Å². The Morgan fingerprint density at radius 1 is 1.50 bits per heavy atom. The zero-order valence-corrected chi connectivity index (χ0v) is 9.75. The molecule has 0 aliphatic rings. The topological polar surface area (TPSA) is 64.3 Å². The van der Waals surface area contributed by atoms with Crippen molar-refractivity contribution in [1.82, 2.24) is 0 Å². The van der Waals surface area contributed by atoms with Crippen molar-refractivity contribution in [3.8, 4) is 5.75 Å². The number of amides is 1. The zero-order chi connectivity index (χ0) is 12.0. The predicted octanol–water partition coefficient (Wildman–Crippen LogP) is 2.01. The van der Waals surface area contributed by atoms with Crippen molar-refractivity contribution < 1.29 is 9.53 Å². The van der Waals surface area contributed by atoms with E-state index < -0.39 is 5.91 Å². The number of nitrogens with two attached hydrogens (primary N) is 1. The largest absolute Gasteiger partial charge is 0.495 e. The first kappa shape index (κ1) is 12.4. The van der Waals surface area contributed by atoms with Crippen LogP contribution in [0.1, 0.15) is 30.1 Å². The maximum Gasteiger partial charge on any atom is 0.248 e. The van der Waals surface area contributed by atoms with Crippen LogP contribution >= 0.6 is 0 Å². The number of nitrogens with one attached hydrogen (secondary N) is 1. The number of hydrogen-bond donors (Lipinski definition) is 2. The summed E-state index contributed by atoms with van der Waals surface area (Å²) in [5, 5.41) is 3.23. The summed E-state index contributed by atoms with van der Waals surface area (Å²) < 4.78 is 5.20. The molecular weight excluding hydrogens is 204 g/mol. The van der Waals surface area contributed by atoms with Gasteiger partial charge in [0.25, 0.3) is 0 Å². The van der Waals surface area contributed by atoms with E-state index in [2.05, 4.69) is 12.2 Å². The molecule has 16 heavy (non-hydrogen) atoms. The van der Waals surface area contributed by atoms with E-state index in [9.17, 15) is 4.79 Å². The summed E-state index contributed by atoms with van der Waals surface area (Å²) in [5.41, 5.74) is 6.52. The summed E-state index contributed by atoms with van der Waals surface area (Å²) in [6, 6.07) is 5.12. The summed E-state index contributed by atoms with van der Waals surface area (Å²) in [5.74, 6) is 0.294. The molecule has 0 spiro atoms. The van der Waals surface area contributed by atoms with E-state index in [1.807, 2.05) is 0 Å². The number of anilines is 1. The molecular formula is C12H18N2O2. The van der Waals surface area contributed by atoms with Crippen LogP contribution in [-0.2, 0) is 0 Å². The van der Waals surface area contributed by atoms with Gasteiger partial charge in [0.2, 0.25) is 5.91 Å². The molecule has 0 aliphatic heterocycles. The highest BCUT2D eigenvalue weighted by molar-refractivity contribution is 5.94. The fourth-order valence-corrected chi connectivity index (χ4v) is 1.40. The molecule has 0 bridgehead atoms. The summed E-state index contributed by atoms with van der Waals surface area (Å²) >= 11 is 0. The Labute approximate surface area is 95.8 Å². The SMILES string of the molecule is CCCCNc1cc(C(N)=O)ccc1OC. The van der Waals surface area contributed by atoms with Gasteiger partial charge in [-0.1, -0.05) is 13.3 Å². The average Bonchev–Trinajstić information content (AvgIpc) is 2.29. The van der Waals surface area contributed by atoms with Crippen LogP contribution in [0.5, 0.6) is 5.75 Å². The van der Waals surface area contributed by atoms with Crippen molar-refractivity contribution in [1.29, 1.82) is 0 Å². The number of rotatable bonds is 6. The van der Waals surface area contributed by atoms with E-state index in [4.69, 9.17) is 10.5 Å². The maximum absolute atomic E-state index is 11.0. The van der Waals surface area contributed by atoms with Gasteiger partial charge >= 0.3 is 0 Å². The molecule has 0 saturated heterocycles. The minimum Gasteiger partial charge on any atom is -0.495 e. The molecule has 0 heterocycles. The van der Waals surface area contributed by atoms with Crippen LogP contribution < -0.4 is 15.8 Å². The number of carbonyl (C=O) groups is 1. The van der Waals surface area contributed by atoms with Crippen LogP contribution in [0.15, 0.2) is 18.2 Å². The molecule has 0 aromatic heterocycles. The molecule has 4 nitrogen and oxygen atoms in total. The third kappa shape index (κ3) is 3.15. The first-order valence-corrected chi connectivity index (χ1v) is 5.40. The molecule has 0 unspecified atom stereocenters. The highest BCUT2D eigenvalue weighted by Gasteiger charge is 2.06. The molecule has 88 valence electrons. The third-order valence-corrected chi connectivity index (χ3v) is 2.33. The van der Waals surface area contributed by atoms with Gasteiger partial charge in [-0.25, -0.2) is 0 Å². The molecule has 1 aromatic carbocycles. The highest BCUT2D eigenvalue weighted by Crippen LogP contribution is 2.25.